The Balaban J connectivity index is 2.12. The second-order valence-corrected chi connectivity index (χ2v) is 7.06. The lowest BCUT2D eigenvalue weighted by Crippen LogP contribution is -2.47. The number of carbonyl (C=O) groups excluding carboxylic acids is 2. The van der Waals surface area contributed by atoms with Crippen LogP contribution in [0.5, 0.6) is 0 Å². The summed E-state index contributed by atoms with van der Waals surface area (Å²) in [6, 6.07) is 11.2. The maximum absolute atomic E-state index is 12.6. The Bertz CT molecular complexity index is 1020. The van der Waals surface area contributed by atoms with Gasteiger partial charge in [-0.05, 0) is 55.2 Å². The van der Waals surface area contributed by atoms with Gasteiger partial charge < -0.3 is 5.11 Å². The van der Waals surface area contributed by atoms with E-state index < -0.39 is 23.8 Å². The number of nitriles is 1. The average Bonchev–Trinajstić information content (AvgIpc) is 2.75. The van der Waals surface area contributed by atoms with Gasteiger partial charge in [0.15, 0.2) is 0 Å². The number of hydrogen-bond donors (Lipinski definition) is 3. The number of hydrogen-bond acceptors (Lipinski definition) is 4. The number of nitrogens with zero attached hydrogens (tertiary/aromatic N) is 2. The molecule has 8 heteroatoms. The minimum atomic E-state index is -0.985. The first-order valence-electron chi connectivity index (χ1n) is 9.28. The SMILES string of the molecule is [C-]#[N+]c1ccc(C[C@@H](C(=O)NNC(=O)c2ccc(C#N)cc2)[C@H](C)O)c(CC)c1Cl. The Morgan fingerprint density at radius 3 is 2.43 bits per heavy atom. The fourth-order valence-corrected chi connectivity index (χ4v) is 3.37. The number of amides is 2. The predicted octanol–water partition coefficient (Wildman–Crippen LogP) is 3.33. The Hall–Kier alpha value is -3.39. The van der Waals surface area contributed by atoms with E-state index in [1.807, 2.05) is 13.0 Å². The molecule has 0 saturated heterocycles. The zero-order valence-electron chi connectivity index (χ0n) is 16.6. The van der Waals surface area contributed by atoms with Crippen LogP contribution in [0.2, 0.25) is 5.02 Å². The molecule has 0 spiro atoms. The Morgan fingerprint density at radius 1 is 1.23 bits per heavy atom. The molecule has 0 aliphatic heterocycles. The minimum absolute atomic E-state index is 0.192. The molecule has 2 amide bonds. The van der Waals surface area contributed by atoms with Crippen LogP contribution in [0.4, 0.5) is 5.69 Å². The molecule has 2 rings (SSSR count). The number of aliphatic hydroxyl groups is 1. The first kappa shape index (κ1) is 22.9. The zero-order chi connectivity index (χ0) is 22.3. The summed E-state index contributed by atoms with van der Waals surface area (Å²) >= 11 is 6.30. The summed E-state index contributed by atoms with van der Waals surface area (Å²) in [5.74, 6) is -1.94. The van der Waals surface area contributed by atoms with Crippen molar-refractivity contribution < 1.29 is 14.7 Å². The van der Waals surface area contributed by atoms with Crippen molar-refractivity contribution in [3.63, 3.8) is 0 Å². The molecule has 2 atom stereocenters. The molecule has 7 nitrogen and oxygen atoms in total. The van der Waals surface area contributed by atoms with Crippen molar-refractivity contribution in [2.75, 3.05) is 0 Å². The van der Waals surface area contributed by atoms with Gasteiger partial charge in [-0.25, -0.2) is 4.85 Å². The lowest BCUT2D eigenvalue weighted by Gasteiger charge is -2.21. The first-order chi connectivity index (χ1) is 14.3. The number of nitrogens with one attached hydrogen (secondary N) is 2. The number of aliphatic hydroxyl groups excluding tert-OH is 1. The second-order valence-electron chi connectivity index (χ2n) is 6.69. The normalized spacial score (nSPS) is 12.2. The minimum Gasteiger partial charge on any atom is -0.393 e. The molecule has 0 aliphatic rings. The van der Waals surface area contributed by atoms with Gasteiger partial charge in [0.2, 0.25) is 11.6 Å². The molecule has 0 heterocycles. The van der Waals surface area contributed by atoms with Crippen molar-refractivity contribution in [2.24, 2.45) is 5.92 Å². The largest absolute Gasteiger partial charge is 0.393 e. The van der Waals surface area contributed by atoms with E-state index in [0.29, 0.717) is 22.7 Å². The summed E-state index contributed by atoms with van der Waals surface area (Å²) in [6.45, 7) is 10.6. The van der Waals surface area contributed by atoms with Gasteiger partial charge in [-0.1, -0.05) is 30.7 Å². The molecule has 0 aliphatic carbocycles. The third-order valence-electron chi connectivity index (χ3n) is 4.73. The molecule has 30 heavy (non-hydrogen) atoms. The zero-order valence-corrected chi connectivity index (χ0v) is 17.3. The highest BCUT2D eigenvalue weighted by Gasteiger charge is 2.26. The van der Waals surface area contributed by atoms with Crippen LogP contribution >= 0.6 is 11.6 Å². The van der Waals surface area contributed by atoms with Crippen LogP contribution in [0.3, 0.4) is 0 Å². The molecule has 2 aromatic rings. The summed E-state index contributed by atoms with van der Waals surface area (Å²) in [6.07, 6.45) is -0.223. The van der Waals surface area contributed by atoms with Crippen LogP contribution < -0.4 is 10.9 Å². The molecule has 0 radical (unpaired) electrons. The molecular weight excluding hydrogens is 404 g/mol. The summed E-state index contributed by atoms with van der Waals surface area (Å²) in [5, 5.41) is 19.3. The van der Waals surface area contributed by atoms with Gasteiger partial charge in [0.05, 0.1) is 35.2 Å². The highest BCUT2D eigenvalue weighted by atomic mass is 35.5. The van der Waals surface area contributed by atoms with Gasteiger partial charge in [-0.15, -0.1) is 0 Å². The van der Waals surface area contributed by atoms with Gasteiger partial charge in [-0.2, -0.15) is 5.26 Å². The second kappa shape index (κ2) is 10.4. The van der Waals surface area contributed by atoms with Crippen molar-refractivity contribution in [3.05, 3.63) is 75.1 Å². The molecule has 0 aromatic heterocycles. The van der Waals surface area contributed by atoms with Crippen LogP contribution in [-0.4, -0.2) is 23.0 Å². The molecule has 154 valence electrons. The van der Waals surface area contributed by atoms with Crippen LogP contribution in [-0.2, 0) is 17.6 Å². The highest BCUT2D eigenvalue weighted by Crippen LogP contribution is 2.33. The van der Waals surface area contributed by atoms with Gasteiger partial charge in [-0.3, -0.25) is 20.4 Å². The predicted molar refractivity (Wildman–Crippen MR) is 113 cm³/mol. The fraction of sp³-hybridized carbons (Fsp3) is 0.273. The molecule has 2 aromatic carbocycles. The lowest BCUT2D eigenvalue weighted by atomic mass is 9.90. The van der Waals surface area contributed by atoms with Gasteiger partial charge in [0.1, 0.15) is 0 Å². The monoisotopic (exact) mass is 424 g/mol. The van der Waals surface area contributed by atoms with Crippen molar-refractivity contribution in [1.29, 1.82) is 5.26 Å². The van der Waals surface area contributed by atoms with E-state index in [2.05, 4.69) is 15.7 Å². The average molecular weight is 425 g/mol. The first-order valence-corrected chi connectivity index (χ1v) is 9.66. The molecule has 0 saturated carbocycles. The maximum atomic E-state index is 12.6. The van der Waals surface area contributed by atoms with E-state index in [0.717, 1.165) is 11.1 Å². The van der Waals surface area contributed by atoms with E-state index in [1.165, 1.54) is 31.2 Å². The summed E-state index contributed by atoms with van der Waals surface area (Å²) in [5.41, 5.74) is 7.20. The van der Waals surface area contributed by atoms with Gasteiger partial charge >= 0.3 is 0 Å². The lowest BCUT2D eigenvalue weighted by molar-refractivity contribution is -0.128. The van der Waals surface area contributed by atoms with E-state index in [4.69, 9.17) is 23.4 Å². The van der Waals surface area contributed by atoms with E-state index in [1.54, 1.807) is 12.1 Å². The standard InChI is InChI=1S/C22H21ClN4O3/c1-4-17-16(9-10-19(25-3)20(17)23)11-18(13(2)28)22(30)27-26-21(29)15-7-5-14(12-24)6-8-15/h5-10,13,18,28H,4,11H2,1-2H3,(H,26,29)(H,27,30)/t13-,18+/m0/s1. The van der Waals surface area contributed by atoms with Crippen LogP contribution in [0.15, 0.2) is 36.4 Å². The van der Waals surface area contributed by atoms with E-state index in [-0.39, 0.29) is 12.0 Å². The number of carbonyl (C=O) groups is 2. The quantitative estimate of drug-likeness (QED) is 0.488. The van der Waals surface area contributed by atoms with Crippen molar-refractivity contribution in [2.45, 2.75) is 32.8 Å². The number of hydrazine groups is 1. The molecule has 0 unspecified atom stereocenters. The highest BCUT2D eigenvalue weighted by molar-refractivity contribution is 6.34. The van der Waals surface area contributed by atoms with Crippen molar-refractivity contribution in [3.8, 4) is 6.07 Å². The fourth-order valence-electron chi connectivity index (χ4n) is 3.01. The van der Waals surface area contributed by atoms with Crippen LogP contribution in [0.25, 0.3) is 4.85 Å². The topological polar surface area (TPSA) is 107 Å². The third-order valence-corrected chi connectivity index (χ3v) is 5.15. The Morgan fingerprint density at radius 2 is 1.90 bits per heavy atom. The molecule has 0 bridgehead atoms. The van der Waals surface area contributed by atoms with Crippen LogP contribution in [0, 0.1) is 23.8 Å². The smallest absolute Gasteiger partial charge is 0.269 e. The Labute approximate surface area is 180 Å². The summed E-state index contributed by atoms with van der Waals surface area (Å²) in [4.78, 5) is 28.2. The van der Waals surface area contributed by atoms with E-state index >= 15 is 0 Å². The molecule has 3 N–H and O–H groups in total. The molecule has 0 fully saturated rings. The van der Waals surface area contributed by atoms with E-state index in [9.17, 15) is 14.7 Å². The van der Waals surface area contributed by atoms with Gasteiger partial charge in [0.25, 0.3) is 5.91 Å². The molecular formula is C22H21ClN4O3. The summed E-state index contributed by atoms with van der Waals surface area (Å²) in [7, 11) is 0. The summed E-state index contributed by atoms with van der Waals surface area (Å²) < 4.78 is 0. The van der Waals surface area contributed by atoms with Crippen molar-refractivity contribution in [1.82, 2.24) is 10.9 Å². The number of halogens is 1. The Kier molecular flexibility index (Phi) is 7.94. The number of benzene rings is 2. The van der Waals surface area contributed by atoms with Crippen molar-refractivity contribution >= 4 is 29.1 Å². The van der Waals surface area contributed by atoms with Crippen LogP contribution in [0.1, 0.15) is 40.9 Å². The third kappa shape index (κ3) is 5.36. The van der Waals surface area contributed by atoms with Gasteiger partial charge in [0, 0.05) is 5.56 Å². The number of rotatable bonds is 6. The maximum Gasteiger partial charge on any atom is 0.269 e.